The van der Waals surface area contributed by atoms with Crippen LogP contribution in [0.1, 0.15) is 11.3 Å². The molecule has 0 saturated carbocycles. The summed E-state index contributed by atoms with van der Waals surface area (Å²) in [5.41, 5.74) is 9.72. The number of esters is 1. The highest BCUT2D eigenvalue weighted by Crippen LogP contribution is 2.19. The first-order valence-corrected chi connectivity index (χ1v) is 10.3. The van der Waals surface area contributed by atoms with Crippen LogP contribution in [0.5, 0.6) is 0 Å². The van der Waals surface area contributed by atoms with Gasteiger partial charge in [0, 0.05) is 41.0 Å². The smallest absolute Gasteiger partial charge is 0.328 e. The van der Waals surface area contributed by atoms with Gasteiger partial charge in [0.25, 0.3) is 0 Å². The highest BCUT2D eigenvalue weighted by Gasteiger charge is 2.26. The molecule has 2 aromatic heterocycles. The molecule has 0 spiro atoms. The molecule has 0 aliphatic carbocycles. The summed E-state index contributed by atoms with van der Waals surface area (Å²) in [7, 11) is 1.29. The summed E-state index contributed by atoms with van der Waals surface area (Å²) in [6.45, 7) is 0. The minimum absolute atomic E-state index is 0.206. The van der Waals surface area contributed by atoms with E-state index in [1.54, 1.807) is 6.20 Å². The van der Waals surface area contributed by atoms with E-state index < -0.39 is 24.0 Å². The lowest BCUT2D eigenvalue weighted by Crippen LogP contribution is -2.50. The first-order chi connectivity index (χ1) is 15.5. The zero-order chi connectivity index (χ0) is 22.5. The number of ether oxygens (including phenoxy) is 1. The first kappa shape index (κ1) is 21.3. The number of aromatic nitrogens is 3. The van der Waals surface area contributed by atoms with Crippen LogP contribution in [0.15, 0.2) is 67.0 Å². The molecule has 4 aromatic rings. The molecule has 0 saturated heterocycles. The fourth-order valence-electron chi connectivity index (χ4n) is 3.67. The molecule has 0 aliphatic heterocycles. The Kier molecular flexibility index (Phi) is 6.32. The third-order valence-corrected chi connectivity index (χ3v) is 5.35. The fourth-order valence-corrected chi connectivity index (χ4v) is 3.67. The number of nitrogens with two attached hydrogens (primary N) is 1. The van der Waals surface area contributed by atoms with E-state index in [0.29, 0.717) is 17.9 Å². The molecule has 0 unspecified atom stereocenters. The van der Waals surface area contributed by atoms with Crippen molar-refractivity contribution in [2.24, 2.45) is 5.73 Å². The molecule has 0 fully saturated rings. The number of fused-ring (bicyclic) bond motifs is 1. The molecule has 5 N–H and O–H groups in total. The summed E-state index contributed by atoms with van der Waals surface area (Å²) >= 11 is 0. The Morgan fingerprint density at radius 2 is 1.84 bits per heavy atom. The second-order valence-corrected chi connectivity index (χ2v) is 7.58. The normalized spacial score (nSPS) is 12.9. The van der Waals surface area contributed by atoms with E-state index in [1.165, 1.54) is 7.11 Å². The molecular formula is C24H25N5O3. The Labute approximate surface area is 185 Å². The van der Waals surface area contributed by atoms with E-state index >= 15 is 0 Å². The first-order valence-electron chi connectivity index (χ1n) is 10.3. The van der Waals surface area contributed by atoms with Crippen LogP contribution < -0.4 is 11.1 Å². The van der Waals surface area contributed by atoms with Crippen molar-refractivity contribution < 1.29 is 14.3 Å². The SMILES string of the molecule is COC(=O)[C@H](Cc1cnc(-c2ccccc2)[nH]1)NC(=O)[C@@H](N)Cc1c[nH]c2ccccc12. The van der Waals surface area contributed by atoms with Crippen LogP contribution in [0.4, 0.5) is 0 Å². The topological polar surface area (TPSA) is 126 Å². The maximum Gasteiger partial charge on any atom is 0.328 e. The highest BCUT2D eigenvalue weighted by molar-refractivity contribution is 5.89. The summed E-state index contributed by atoms with van der Waals surface area (Å²) in [5, 5.41) is 3.75. The number of hydrogen-bond acceptors (Lipinski definition) is 5. The second-order valence-electron chi connectivity index (χ2n) is 7.58. The van der Waals surface area contributed by atoms with Gasteiger partial charge in [-0.1, -0.05) is 48.5 Å². The molecule has 0 bridgehead atoms. The lowest BCUT2D eigenvalue weighted by atomic mass is 10.0. The zero-order valence-electron chi connectivity index (χ0n) is 17.7. The molecule has 32 heavy (non-hydrogen) atoms. The maximum absolute atomic E-state index is 12.8. The van der Waals surface area contributed by atoms with Crippen LogP contribution in [0.2, 0.25) is 0 Å². The van der Waals surface area contributed by atoms with Crippen LogP contribution in [0.3, 0.4) is 0 Å². The van der Waals surface area contributed by atoms with Crippen molar-refractivity contribution in [1.29, 1.82) is 0 Å². The summed E-state index contributed by atoms with van der Waals surface area (Å²) in [6.07, 6.45) is 4.05. The van der Waals surface area contributed by atoms with Gasteiger partial charge in [-0.05, 0) is 18.1 Å². The Morgan fingerprint density at radius 3 is 2.62 bits per heavy atom. The van der Waals surface area contributed by atoms with Gasteiger partial charge in [-0.25, -0.2) is 9.78 Å². The standard InChI is InChI=1S/C24H25N5O3/c1-32-24(31)21(12-17-14-27-22(28-17)15-7-3-2-4-8-15)29-23(30)19(25)11-16-13-26-20-10-6-5-9-18(16)20/h2-10,13-14,19,21,26H,11-12,25H2,1H3,(H,27,28)(H,29,30)/t19-,21-/m0/s1. The molecule has 1 amide bonds. The largest absolute Gasteiger partial charge is 0.467 e. The Hall–Kier alpha value is -3.91. The summed E-state index contributed by atoms with van der Waals surface area (Å²) in [4.78, 5) is 35.8. The molecule has 2 atom stereocenters. The van der Waals surface area contributed by atoms with Crippen molar-refractivity contribution in [1.82, 2.24) is 20.3 Å². The minimum Gasteiger partial charge on any atom is -0.467 e. The minimum atomic E-state index is -0.884. The summed E-state index contributed by atoms with van der Waals surface area (Å²) in [6, 6.07) is 15.8. The number of nitrogens with one attached hydrogen (secondary N) is 3. The van der Waals surface area contributed by atoms with Gasteiger partial charge < -0.3 is 25.8 Å². The van der Waals surface area contributed by atoms with Gasteiger partial charge in [-0.3, -0.25) is 4.79 Å². The van der Waals surface area contributed by atoms with Gasteiger partial charge in [0.2, 0.25) is 5.91 Å². The number of para-hydroxylation sites is 1. The van der Waals surface area contributed by atoms with Crippen molar-refractivity contribution in [3.63, 3.8) is 0 Å². The van der Waals surface area contributed by atoms with Crippen LogP contribution in [0, 0.1) is 0 Å². The van der Waals surface area contributed by atoms with E-state index in [1.807, 2.05) is 60.8 Å². The van der Waals surface area contributed by atoms with Gasteiger partial charge in [-0.15, -0.1) is 0 Å². The van der Waals surface area contributed by atoms with Crippen LogP contribution in [0.25, 0.3) is 22.3 Å². The van der Waals surface area contributed by atoms with Gasteiger partial charge >= 0.3 is 5.97 Å². The molecule has 164 valence electrons. The third kappa shape index (κ3) is 4.70. The van der Waals surface area contributed by atoms with Crippen molar-refractivity contribution in [3.05, 3.63) is 78.2 Å². The van der Waals surface area contributed by atoms with Gasteiger partial charge in [0.05, 0.1) is 13.2 Å². The molecule has 0 aliphatic rings. The average Bonchev–Trinajstić information content (AvgIpc) is 3.46. The van der Waals surface area contributed by atoms with E-state index in [4.69, 9.17) is 10.5 Å². The van der Waals surface area contributed by atoms with Crippen molar-refractivity contribution >= 4 is 22.8 Å². The predicted molar refractivity (Wildman–Crippen MR) is 122 cm³/mol. The number of carbonyl (C=O) groups excluding carboxylic acids is 2. The van der Waals surface area contributed by atoms with Crippen molar-refractivity contribution in [2.45, 2.75) is 24.9 Å². The number of methoxy groups -OCH3 is 1. The van der Waals surface area contributed by atoms with Crippen molar-refractivity contribution in [3.8, 4) is 11.4 Å². The molecule has 2 heterocycles. The number of benzene rings is 2. The number of nitrogens with zero attached hydrogens (tertiary/aromatic N) is 1. The van der Waals surface area contributed by atoms with E-state index in [2.05, 4.69) is 20.3 Å². The lowest BCUT2D eigenvalue weighted by molar-refractivity contribution is -0.145. The van der Waals surface area contributed by atoms with E-state index in [0.717, 1.165) is 22.0 Å². The fraction of sp³-hybridized carbons (Fsp3) is 0.208. The van der Waals surface area contributed by atoms with Crippen molar-refractivity contribution in [2.75, 3.05) is 7.11 Å². The number of amides is 1. The number of aromatic amines is 2. The van der Waals surface area contributed by atoms with Gasteiger partial charge in [0.1, 0.15) is 11.9 Å². The third-order valence-electron chi connectivity index (χ3n) is 5.35. The number of hydrogen-bond donors (Lipinski definition) is 4. The molecule has 8 heteroatoms. The van der Waals surface area contributed by atoms with E-state index in [9.17, 15) is 9.59 Å². The van der Waals surface area contributed by atoms with E-state index in [-0.39, 0.29) is 6.42 Å². The molecular weight excluding hydrogens is 406 g/mol. The Morgan fingerprint density at radius 1 is 1.09 bits per heavy atom. The maximum atomic E-state index is 12.8. The van der Waals surface area contributed by atoms with Crippen LogP contribution >= 0.6 is 0 Å². The average molecular weight is 431 g/mol. The number of rotatable bonds is 8. The van der Waals surface area contributed by atoms with Crippen LogP contribution in [-0.2, 0) is 27.2 Å². The number of carbonyl (C=O) groups is 2. The highest BCUT2D eigenvalue weighted by atomic mass is 16.5. The molecule has 8 nitrogen and oxygen atoms in total. The second kappa shape index (κ2) is 9.49. The number of imidazole rings is 1. The molecule has 4 rings (SSSR count). The zero-order valence-corrected chi connectivity index (χ0v) is 17.7. The van der Waals surface area contributed by atoms with Crippen LogP contribution in [-0.4, -0.2) is 46.0 Å². The molecule has 0 radical (unpaired) electrons. The summed E-state index contributed by atoms with van der Waals surface area (Å²) in [5.74, 6) is -0.284. The monoisotopic (exact) mass is 431 g/mol. The molecule has 2 aromatic carbocycles. The number of H-pyrrole nitrogens is 2. The van der Waals surface area contributed by atoms with Gasteiger partial charge in [0.15, 0.2) is 0 Å². The Balaban J connectivity index is 1.43. The quantitative estimate of drug-likeness (QED) is 0.319. The summed E-state index contributed by atoms with van der Waals surface area (Å²) < 4.78 is 4.89. The Bertz CT molecular complexity index is 1210. The lowest BCUT2D eigenvalue weighted by Gasteiger charge is -2.18. The predicted octanol–water partition coefficient (Wildman–Crippen LogP) is 2.33. The van der Waals surface area contributed by atoms with Gasteiger partial charge in [-0.2, -0.15) is 0 Å².